The molecule has 0 spiro atoms. The first-order valence-electron chi connectivity index (χ1n) is 27.4. The minimum atomic E-state index is -4.88. The van der Waals surface area contributed by atoms with Crippen LogP contribution in [0.4, 0.5) is 0 Å². The van der Waals surface area contributed by atoms with E-state index in [-0.39, 0.29) is 85.5 Å². The molecule has 2 saturated heterocycles. The van der Waals surface area contributed by atoms with Gasteiger partial charge in [-0.05, 0) is 39.8 Å². The largest absolute Gasteiger partial charge is 0.475 e. The second kappa shape index (κ2) is 33.2. The number of aliphatic hydroxyl groups excluding tert-OH is 1. The molecule has 8 rings (SSSR count). The molecule has 17 nitrogen and oxygen atoms in total. The average molecular weight is 1130 g/mol. The topological polar surface area (TPSA) is 215 Å². The van der Waals surface area contributed by atoms with Crippen LogP contribution >= 0.6 is 7.82 Å². The first-order valence-corrected chi connectivity index (χ1v) is 28.8. The van der Waals surface area contributed by atoms with E-state index in [9.17, 15) is 15.2 Å². The number of amides is 1. The smallest absolute Gasteiger partial charge is 0.387 e. The number of nitriles is 1. The van der Waals surface area contributed by atoms with Gasteiger partial charge in [0.2, 0.25) is 5.91 Å². The molecule has 1 amide bonds. The number of hydrogen-bond donors (Lipinski definition) is 2. The fourth-order valence-corrected chi connectivity index (χ4v) is 10.8. The van der Waals surface area contributed by atoms with Gasteiger partial charge in [0.1, 0.15) is 61.0 Å². The fraction of sp³-hybridized carbons (Fsp3) is 0.397. The van der Waals surface area contributed by atoms with Gasteiger partial charge in [-0.15, -0.1) is 0 Å². The number of carbonyl (C=O) groups excluding carboxylic acids is 1. The number of nitrogens with two attached hydrogens (primary N) is 1. The molecule has 2 aliphatic rings. The molecule has 81 heavy (non-hydrogen) atoms. The lowest BCUT2D eigenvalue weighted by molar-refractivity contribution is -0.269. The second-order valence-corrected chi connectivity index (χ2v) is 21.3. The van der Waals surface area contributed by atoms with Gasteiger partial charge in [-0.25, -0.2) is 4.57 Å². The van der Waals surface area contributed by atoms with Crippen LogP contribution in [0.25, 0.3) is 0 Å². The summed E-state index contributed by atoms with van der Waals surface area (Å²) < 4.78 is 94.5. The number of phosphoric ester groups is 1. The Morgan fingerprint density at radius 3 is 1.20 bits per heavy atom. The highest BCUT2D eigenvalue weighted by atomic mass is 31.2. The van der Waals surface area contributed by atoms with E-state index in [1.54, 1.807) is 0 Å². The Morgan fingerprint density at radius 1 is 0.469 bits per heavy atom. The van der Waals surface area contributed by atoms with E-state index in [4.69, 9.17) is 61.9 Å². The molecule has 6 aromatic carbocycles. The number of aliphatic hydroxyl groups is 1. The van der Waals surface area contributed by atoms with Gasteiger partial charge in [-0.3, -0.25) is 18.4 Å². The molecule has 6 aromatic rings. The summed E-state index contributed by atoms with van der Waals surface area (Å²) in [7, 11) is -4.88. The molecule has 2 heterocycles. The van der Waals surface area contributed by atoms with E-state index >= 15 is 4.57 Å². The number of hydrogen-bond acceptors (Lipinski definition) is 16. The molecule has 0 radical (unpaired) electrons. The predicted molar refractivity (Wildman–Crippen MR) is 299 cm³/mol. The van der Waals surface area contributed by atoms with Crippen LogP contribution in [0.1, 0.15) is 52.6 Å². The third-order valence-electron chi connectivity index (χ3n) is 13.5. The normalized spacial score (nSPS) is 23.5. The quantitative estimate of drug-likeness (QED) is 0.0284. The zero-order valence-corrected chi connectivity index (χ0v) is 46.2. The molecule has 430 valence electrons. The molecule has 18 heteroatoms. The lowest BCUT2D eigenvalue weighted by Crippen LogP contribution is -2.62. The van der Waals surface area contributed by atoms with E-state index in [0.717, 1.165) is 33.4 Å². The average Bonchev–Trinajstić information content (AvgIpc) is 3.67. The van der Waals surface area contributed by atoms with Crippen LogP contribution in [-0.4, -0.2) is 112 Å². The molecule has 2 fully saturated rings. The molecule has 2 aliphatic heterocycles. The molecule has 0 saturated carbocycles. The highest BCUT2D eigenvalue weighted by Gasteiger charge is 2.53. The summed E-state index contributed by atoms with van der Waals surface area (Å²) in [4.78, 5) is 11.7. The summed E-state index contributed by atoms with van der Waals surface area (Å²) in [5.74, 6) is -0.462. The zero-order valence-electron chi connectivity index (χ0n) is 45.3. The van der Waals surface area contributed by atoms with Crippen molar-refractivity contribution in [1.29, 1.82) is 5.26 Å². The minimum Gasteiger partial charge on any atom is -0.387 e. The number of carbonyl (C=O) groups is 1. The summed E-state index contributed by atoms with van der Waals surface area (Å²) >= 11 is 0. The summed E-state index contributed by atoms with van der Waals surface area (Å²) in [6, 6.07) is 59.4. The Labute approximate surface area is 474 Å². The van der Waals surface area contributed by atoms with Crippen molar-refractivity contribution in [2.24, 2.45) is 5.73 Å². The van der Waals surface area contributed by atoms with Crippen LogP contribution in [0.2, 0.25) is 0 Å². The lowest BCUT2D eigenvalue weighted by atomic mass is 9.94. The monoisotopic (exact) mass is 1130 g/mol. The number of phosphoric acid groups is 1. The van der Waals surface area contributed by atoms with Crippen molar-refractivity contribution < 1.29 is 70.7 Å². The maximum atomic E-state index is 15.9. The molecule has 11 atom stereocenters. The predicted octanol–water partition coefficient (Wildman–Crippen LogP) is 9.38. The molecule has 0 aliphatic carbocycles. The van der Waals surface area contributed by atoms with Gasteiger partial charge in [0.15, 0.2) is 0 Å². The van der Waals surface area contributed by atoms with Gasteiger partial charge in [-0.2, -0.15) is 5.26 Å². The summed E-state index contributed by atoms with van der Waals surface area (Å²) in [5.41, 5.74) is 10.7. The van der Waals surface area contributed by atoms with Gasteiger partial charge in [0.25, 0.3) is 0 Å². The van der Waals surface area contributed by atoms with Crippen molar-refractivity contribution >= 4 is 13.7 Å². The van der Waals surface area contributed by atoms with Crippen LogP contribution in [-0.2, 0) is 105 Å². The van der Waals surface area contributed by atoms with Crippen molar-refractivity contribution in [2.45, 2.75) is 120 Å². The molecule has 0 bridgehead atoms. The number of primary amides is 1. The van der Waals surface area contributed by atoms with E-state index in [1.165, 1.54) is 0 Å². The van der Waals surface area contributed by atoms with Gasteiger partial charge >= 0.3 is 7.82 Å². The first kappa shape index (κ1) is 61.1. The fourth-order valence-electron chi connectivity index (χ4n) is 9.43. The maximum Gasteiger partial charge on any atom is 0.475 e. The molecule has 3 N–H and O–H groups in total. The van der Waals surface area contributed by atoms with Gasteiger partial charge < -0.3 is 53.5 Å². The van der Waals surface area contributed by atoms with E-state index < -0.39 is 81.4 Å². The van der Waals surface area contributed by atoms with Crippen LogP contribution in [0.5, 0.6) is 0 Å². The number of ether oxygens (including phenoxy) is 9. The van der Waals surface area contributed by atoms with Gasteiger partial charge in [0, 0.05) is 13.0 Å². The third kappa shape index (κ3) is 19.8. The minimum absolute atomic E-state index is 0.0111. The van der Waals surface area contributed by atoms with E-state index in [0.29, 0.717) is 6.42 Å². The SMILES string of the molecule is N#CCCOP(=O)(OC[C@@H]1O[C@H](COCc2ccccc2)[C@@H](OCc2ccccc2)C(O)[C@H]1OCc1ccccc1)OC1[C@@H](OCc2ccccc2)[C@H](COCCCC(N)=O)O[C@H](COCc2ccccc2)[C@H]1OCc1ccccc1. The molecular weight excluding hydrogens is 1060 g/mol. The summed E-state index contributed by atoms with van der Waals surface area (Å²) in [6.45, 7) is 0.0301. The van der Waals surface area contributed by atoms with Crippen molar-refractivity contribution in [1.82, 2.24) is 0 Å². The van der Waals surface area contributed by atoms with Gasteiger partial charge in [0.05, 0.1) is 85.2 Å². The zero-order chi connectivity index (χ0) is 56.3. The van der Waals surface area contributed by atoms with Crippen molar-refractivity contribution in [3.8, 4) is 6.07 Å². The Hall–Kier alpha value is -6.01. The van der Waals surface area contributed by atoms with Crippen molar-refractivity contribution in [2.75, 3.05) is 39.6 Å². The van der Waals surface area contributed by atoms with E-state index in [2.05, 4.69) is 6.07 Å². The Bertz CT molecular complexity index is 2790. The first-order chi connectivity index (χ1) is 39.7. The Kier molecular flexibility index (Phi) is 25.0. The highest BCUT2D eigenvalue weighted by molar-refractivity contribution is 7.48. The molecule has 3 unspecified atom stereocenters. The number of benzene rings is 6. The van der Waals surface area contributed by atoms with Crippen LogP contribution in [0.3, 0.4) is 0 Å². The van der Waals surface area contributed by atoms with Crippen LogP contribution in [0, 0.1) is 11.3 Å². The molecule has 0 aromatic heterocycles. The second-order valence-electron chi connectivity index (χ2n) is 19.7. The highest BCUT2D eigenvalue weighted by Crippen LogP contribution is 2.53. The van der Waals surface area contributed by atoms with Crippen LogP contribution < -0.4 is 5.73 Å². The third-order valence-corrected chi connectivity index (χ3v) is 15.0. The Morgan fingerprint density at radius 2 is 0.815 bits per heavy atom. The van der Waals surface area contributed by atoms with Crippen LogP contribution in [0.15, 0.2) is 182 Å². The summed E-state index contributed by atoms with van der Waals surface area (Å²) in [5, 5.41) is 22.3. The standard InChI is InChI=1S/C63H73N2O15P/c64-34-20-36-76-81(68,77-46-56-60(73-40-50-27-13-4-14-28-50)58(67)59(72-39-49-25-11-3-12-26-49)53(78-56)44-70-37-47-21-7-1-8-22-47)80-63-61(74-41-51-29-15-5-16-30-51)54(43-69-35-19-33-57(65)66)79-55(45-71-38-48-23-9-2-10-24-48)62(63)75-42-52-31-17-6-18-32-52/h1-18,21-32,53-56,58-63,67H,19-20,33,35-46H2,(H2,65,66)/t53-,54+,55-,56+,58?,59-,60+,61+,62-,63?,81?/m1/s1. The van der Waals surface area contributed by atoms with Gasteiger partial charge in [-0.1, -0.05) is 182 Å². The Balaban J connectivity index is 1.13. The van der Waals surface area contributed by atoms with Crippen molar-refractivity contribution in [3.05, 3.63) is 215 Å². The van der Waals surface area contributed by atoms with E-state index in [1.807, 2.05) is 182 Å². The maximum absolute atomic E-state index is 15.9. The van der Waals surface area contributed by atoms with Crippen molar-refractivity contribution in [3.63, 3.8) is 0 Å². The summed E-state index contributed by atoms with van der Waals surface area (Å²) in [6.07, 6.45) is -10.4. The number of rotatable bonds is 34. The number of nitrogens with zero attached hydrogens (tertiary/aromatic N) is 1. The lowest BCUT2D eigenvalue weighted by Gasteiger charge is -2.47. The molecular formula is C63H73N2O15P.